The summed E-state index contributed by atoms with van der Waals surface area (Å²) in [5.74, 6) is -0.638. The van der Waals surface area contributed by atoms with Crippen LogP contribution in [0.5, 0.6) is 5.75 Å². The molecule has 9 heteroatoms. The summed E-state index contributed by atoms with van der Waals surface area (Å²) in [6.07, 6.45) is 0. The number of ether oxygens (including phenoxy) is 1. The van der Waals surface area contributed by atoms with Crippen LogP contribution < -0.4 is 4.31 Å². The van der Waals surface area contributed by atoms with E-state index in [0.29, 0.717) is 27.4 Å². The number of aromatic hydroxyl groups is 1. The number of nitrogens with one attached hydrogen (secondary N) is 1. The third-order valence-corrected chi connectivity index (χ3v) is 8.53. The van der Waals surface area contributed by atoms with Gasteiger partial charge in [-0.05, 0) is 36.6 Å². The molecule has 172 valence electrons. The molecule has 5 aromatic rings. The summed E-state index contributed by atoms with van der Waals surface area (Å²) in [5.41, 5.74) is 1.09. The molecule has 0 bridgehead atoms. The topological polar surface area (TPSA) is 99.7 Å². The summed E-state index contributed by atoms with van der Waals surface area (Å²) in [5, 5.41) is 13.7. The molecule has 0 saturated heterocycles. The van der Waals surface area contributed by atoms with E-state index < -0.39 is 16.0 Å². The Morgan fingerprint density at radius 2 is 1.68 bits per heavy atom. The Morgan fingerprint density at radius 3 is 2.38 bits per heavy atom. The minimum absolute atomic E-state index is 0.0253. The number of phenolic OH excluding ortho intramolecular Hbond substituents is 1. The molecule has 0 spiro atoms. The van der Waals surface area contributed by atoms with Gasteiger partial charge in [0.2, 0.25) is 0 Å². The lowest BCUT2D eigenvalue weighted by atomic mass is 10.1. The summed E-state index contributed by atoms with van der Waals surface area (Å²) >= 11 is 1.08. The molecular weight excluding hydrogens is 472 g/mol. The molecule has 34 heavy (non-hydrogen) atoms. The van der Waals surface area contributed by atoms with Gasteiger partial charge in [-0.25, -0.2) is 9.10 Å². The Hall–Kier alpha value is -3.82. The highest BCUT2D eigenvalue weighted by atomic mass is 32.2. The molecule has 0 aliphatic carbocycles. The van der Waals surface area contributed by atoms with Crippen LogP contribution in [0.15, 0.2) is 82.4 Å². The molecule has 2 heterocycles. The van der Waals surface area contributed by atoms with Gasteiger partial charge in [0.1, 0.15) is 9.96 Å². The highest BCUT2D eigenvalue weighted by Gasteiger charge is 2.35. The molecule has 0 aliphatic rings. The van der Waals surface area contributed by atoms with E-state index in [2.05, 4.69) is 4.98 Å². The Balaban J connectivity index is 1.91. The summed E-state index contributed by atoms with van der Waals surface area (Å²) in [6, 6.07) is 20.3. The van der Waals surface area contributed by atoms with Crippen molar-refractivity contribution in [3.8, 4) is 5.75 Å². The number of hydrogen-bond acceptors (Lipinski definition) is 6. The van der Waals surface area contributed by atoms with E-state index in [4.69, 9.17) is 4.74 Å². The van der Waals surface area contributed by atoms with Crippen LogP contribution in [-0.2, 0) is 14.8 Å². The molecular formula is C25H20N2O5S2. The maximum Gasteiger partial charge on any atom is 0.356 e. The molecule has 0 amide bonds. The van der Waals surface area contributed by atoms with Crippen molar-refractivity contribution < 1.29 is 23.1 Å². The average Bonchev–Trinajstić information content (AvgIpc) is 3.51. The van der Waals surface area contributed by atoms with Crippen molar-refractivity contribution in [2.45, 2.75) is 11.1 Å². The predicted molar refractivity (Wildman–Crippen MR) is 134 cm³/mol. The Labute approximate surface area is 199 Å². The van der Waals surface area contributed by atoms with Gasteiger partial charge in [-0.15, -0.1) is 11.3 Å². The number of anilines is 2. The fourth-order valence-electron chi connectivity index (χ4n) is 4.00. The highest BCUT2D eigenvalue weighted by molar-refractivity contribution is 7.95. The van der Waals surface area contributed by atoms with E-state index >= 15 is 0 Å². The molecule has 2 N–H and O–H groups in total. The van der Waals surface area contributed by atoms with Crippen LogP contribution >= 0.6 is 11.3 Å². The summed E-state index contributed by atoms with van der Waals surface area (Å²) in [7, 11) is -4.16. The first kappa shape index (κ1) is 22.0. The first-order chi connectivity index (χ1) is 16.4. The van der Waals surface area contributed by atoms with Crippen molar-refractivity contribution in [1.29, 1.82) is 0 Å². The molecule has 0 fully saturated rings. The van der Waals surface area contributed by atoms with Gasteiger partial charge in [-0.2, -0.15) is 8.42 Å². The lowest BCUT2D eigenvalue weighted by molar-refractivity contribution is 0.0521. The number of aromatic nitrogens is 1. The fourth-order valence-corrected chi connectivity index (χ4v) is 6.61. The van der Waals surface area contributed by atoms with E-state index in [1.807, 2.05) is 0 Å². The number of phenols is 1. The van der Waals surface area contributed by atoms with Gasteiger partial charge >= 0.3 is 5.97 Å². The zero-order valence-corrected chi connectivity index (χ0v) is 19.7. The van der Waals surface area contributed by atoms with Crippen molar-refractivity contribution in [2.75, 3.05) is 10.9 Å². The monoisotopic (exact) mass is 492 g/mol. The molecule has 0 saturated carbocycles. The van der Waals surface area contributed by atoms with E-state index in [-0.39, 0.29) is 27.9 Å². The second-order valence-corrected chi connectivity index (χ2v) is 10.4. The quantitative estimate of drug-likeness (QED) is 0.292. The van der Waals surface area contributed by atoms with Crippen LogP contribution in [0.4, 0.5) is 11.4 Å². The number of H-pyrrole nitrogens is 1. The second-order valence-electron chi connectivity index (χ2n) is 7.47. The number of para-hydroxylation sites is 1. The number of aromatic amines is 1. The molecule has 2 aromatic heterocycles. The average molecular weight is 493 g/mol. The van der Waals surface area contributed by atoms with E-state index in [9.17, 15) is 18.3 Å². The smallest absolute Gasteiger partial charge is 0.356 e. The van der Waals surface area contributed by atoms with Crippen LogP contribution in [-0.4, -0.2) is 31.1 Å². The number of rotatable bonds is 6. The lowest BCUT2D eigenvalue weighted by Gasteiger charge is -2.26. The number of carbonyl (C=O) groups is 1. The number of hydrogen-bond donors (Lipinski definition) is 2. The van der Waals surface area contributed by atoms with Crippen molar-refractivity contribution in [3.05, 3.63) is 83.9 Å². The fraction of sp³-hybridized carbons (Fsp3) is 0.0800. The molecule has 0 radical (unpaired) electrons. The Kier molecular flexibility index (Phi) is 5.51. The predicted octanol–water partition coefficient (Wildman–Crippen LogP) is 5.79. The third kappa shape index (κ3) is 3.49. The minimum atomic E-state index is -4.16. The summed E-state index contributed by atoms with van der Waals surface area (Å²) in [4.78, 5) is 16.0. The van der Waals surface area contributed by atoms with Crippen LogP contribution in [0.25, 0.3) is 21.7 Å². The Morgan fingerprint density at radius 1 is 0.971 bits per heavy atom. The first-order valence-electron chi connectivity index (χ1n) is 10.5. The van der Waals surface area contributed by atoms with Gasteiger partial charge < -0.3 is 14.8 Å². The number of fused-ring (bicyclic) bond motifs is 2. The number of thiophene rings is 1. The number of esters is 1. The SMILES string of the molecule is CCOC(=O)c1[nH]c2ccccc2c1N(c1ccc(O)c2ccccc12)S(=O)(=O)c1cccs1. The molecule has 0 aliphatic heterocycles. The molecule has 0 atom stereocenters. The number of carbonyl (C=O) groups excluding carboxylic acids is 1. The number of nitrogens with zero attached hydrogens (tertiary/aromatic N) is 1. The highest BCUT2D eigenvalue weighted by Crippen LogP contribution is 2.44. The maximum atomic E-state index is 14.1. The van der Waals surface area contributed by atoms with E-state index in [1.54, 1.807) is 73.0 Å². The van der Waals surface area contributed by atoms with Gasteiger partial charge in [-0.3, -0.25) is 0 Å². The standard InChI is InChI=1S/C25H20N2O5S2/c1-2-32-25(29)23-24(18-10-5-6-11-19(18)26-23)27(34(30,31)22-12-7-15-33-22)20-13-14-21(28)17-9-4-3-8-16(17)20/h3-15,26,28H,2H2,1H3. The lowest BCUT2D eigenvalue weighted by Crippen LogP contribution is -2.27. The maximum absolute atomic E-state index is 14.1. The van der Waals surface area contributed by atoms with Crippen LogP contribution in [0, 0.1) is 0 Å². The zero-order valence-electron chi connectivity index (χ0n) is 18.1. The largest absolute Gasteiger partial charge is 0.507 e. The summed E-state index contributed by atoms with van der Waals surface area (Å²) in [6.45, 7) is 1.82. The van der Waals surface area contributed by atoms with Gasteiger partial charge in [-0.1, -0.05) is 48.5 Å². The normalized spacial score (nSPS) is 11.7. The summed E-state index contributed by atoms with van der Waals surface area (Å²) < 4.78 is 34.8. The molecule has 0 unspecified atom stereocenters. The van der Waals surface area contributed by atoms with E-state index in [1.165, 1.54) is 16.4 Å². The second kappa shape index (κ2) is 8.51. The van der Waals surface area contributed by atoms with Gasteiger partial charge in [0, 0.05) is 21.7 Å². The van der Waals surface area contributed by atoms with Gasteiger partial charge in [0.25, 0.3) is 10.0 Å². The zero-order chi connectivity index (χ0) is 23.9. The third-order valence-electron chi connectivity index (χ3n) is 5.45. The van der Waals surface area contributed by atoms with Gasteiger partial charge in [0.05, 0.1) is 18.0 Å². The minimum Gasteiger partial charge on any atom is -0.507 e. The van der Waals surface area contributed by atoms with Crippen LogP contribution in [0.1, 0.15) is 17.4 Å². The van der Waals surface area contributed by atoms with Gasteiger partial charge in [0.15, 0.2) is 5.69 Å². The van der Waals surface area contributed by atoms with Crippen molar-refractivity contribution in [1.82, 2.24) is 4.98 Å². The Bertz CT molecular complexity index is 1620. The molecule has 5 rings (SSSR count). The first-order valence-corrected chi connectivity index (χ1v) is 12.8. The number of sulfonamides is 1. The van der Waals surface area contributed by atoms with E-state index in [0.717, 1.165) is 11.3 Å². The molecule has 3 aromatic carbocycles. The van der Waals surface area contributed by atoms with Crippen LogP contribution in [0.3, 0.4) is 0 Å². The van der Waals surface area contributed by atoms with Crippen molar-refractivity contribution in [3.63, 3.8) is 0 Å². The van der Waals surface area contributed by atoms with Crippen molar-refractivity contribution >= 4 is 60.4 Å². The number of benzene rings is 3. The van der Waals surface area contributed by atoms with Crippen molar-refractivity contribution in [2.24, 2.45) is 0 Å². The molecule has 7 nitrogen and oxygen atoms in total. The van der Waals surface area contributed by atoms with Crippen LogP contribution in [0.2, 0.25) is 0 Å².